The van der Waals surface area contributed by atoms with E-state index in [9.17, 15) is 31.5 Å². The molecule has 1 aliphatic rings. The molecule has 2 heterocycles. The lowest BCUT2D eigenvalue weighted by molar-refractivity contribution is -0.137. The molecule has 4 rings (SSSR count). The number of likely N-dealkylation sites (N-methyl/N-ethyl adjacent to an activating group) is 1. The van der Waals surface area contributed by atoms with Crippen LogP contribution in [0.15, 0.2) is 64.2 Å². The molecule has 1 aliphatic heterocycles. The van der Waals surface area contributed by atoms with Crippen LogP contribution in [0, 0.1) is 5.92 Å². The maximum absolute atomic E-state index is 14.3. The number of aliphatic hydroxyl groups excluding tert-OH is 1. The van der Waals surface area contributed by atoms with Gasteiger partial charge < -0.3 is 19.5 Å². The van der Waals surface area contributed by atoms with Crippen molar-refractivity contribution in [1.82, 2.24) is 9.80 Å². The van der Waals surface area contributed by atoms with Crippen molar-refractivity contribution in [3.63, 3.8) is 0 Å². The molecule has 2 aromatic carbocycles. The van der Waals surface area contributed by atoms with E-state index >= 15 is 0 Å². The molecule has 264 valence electrons. The number of nitrogens with one attached hydrogen (secondary N) is 1. The summed E-state index contributed by atoms with van der Waals surface area (Å²) in [7, 11) is -2.01. The van der Waals surface area contributed by atoms with E-state index in [0.717, 1.165) is 41.9 Å². The summed E-state index contributed by atoms with van der Waals surface area (Å²) in [5.41, 5.74) is 0.382. The van der Waals surface area contributed by atoms with Crippen LogP contribution in [0.5, 0.6) is 5.75 Å². The van der Waals surface area contributed by atoms with Crippen molar-refractivity contribution in [2.24, 2.45) is 5.92 Å². The standard InChI is InChI=1S/C34H44F3N3O6S2/c1-23-19-40(24(2)22-41)33(42)29-18-28(38-48(43,44)32-9-7-17-47-32)14-15-30(29)46-25(3)8-5-6-16-45-31(23)21-39(4)20-26-10-12-27(13-11-26)34(35,36)37/h7,9-15,17-18,23-25,31,38,41H,5-6,8,16,19-22H2,1-4H3/t23-,24-,25+,31-/m1/s1. The molecule has 0 saturated heterocycles. The van der Waals surface area contributed by atoms with Gasteiger partial charge in [0.15, 0.2) is 0 Å². The number of benzene rings is 2. The summed E-state index contributed by atoms with van der Waals surface area (Å²) in [6.45, 7) is 6.81. The third-order valence-electron chi connectivity index (χ3n) is 8.29. The number of carbonyl (C=O) groups is 1. The summed E-state index contributed by atoms with van der Waals surface area (Å²) in [5.74, 6) is -0.336. The third-order valence-corrected chi connectivity index (χ3v) is 11.1. The van der Waals surface area contributed by atoms with Crippen LogP contribution in [-0.4, -0.2) is 80.8 Å². The Morgan fingerprint density at radius 1 is 1.12 bits per heavy atom. The highest BCUT2D eigenvalue weighted by molar-refractivity contribution is 7.94. The summed E-state index contributed by atoms with van der Waals surface area (Å²) in [4.78, 5) is 17.8. The topological polar surface area (TPSA) is 108 Å². The van der Waals surface area contributed by atoms with Gasteiger partial charge in [-0.3, -0.25) is 14.4 Å². The molecule has 1 amide bonds. The van der Waals surface area contributed by atoms with Crippen LogP contribution in [0.4, 0.5) is 18.9 Å². The second kappa shape index (κ2) is 16.5. The van der Waals surface area contributed by atoms with Gasteiger partial charge in [-0.15, -0.1) is 11.3 Å². The van der Waals surface area contributed by atoms with Gasteiger partial charge in [-0.1, -0.05) is 25.1 Å². The minimum Gasteiger partial charge on any atom is -0.490 e. The largest absolute Gasteiger partial charge is 0.490 e. The fourth-order valence-corrected chi connectivity index (χ4v) is 7.60. The number of carbonyl (C=O) groups excluding carboxylic acids is 1. The maximum atomic E-state index is 14.3. The Morgan fingerprint density at radius 2 is 1.85 bits per heavy atom. The van der Waals surface area contributed by atoms with Gasteiger partial charge in [0.2, 0.25) is 0 Å². The van der Waals surface area contributed by atoms with Crippen LogP contribution < -0.4 is 9.46 Å². The maximum Gasteiger partial charge on any atom is 0.416 e. The van der Waals surface area contributed by atoms with Gasteiger partial charge in [0, 0.05) is 37.8 Å². The van der Waals surface area contributed by atoms with E-state index in [4.69, 9.17) is 9.47 Å². The Hall–Kier alpha value is -3.17. The number of hydrogen-bond donors (Lipinski definition) is 2. The average Bonchev–Trinajstić information content (AvgIpc) is 3.59. The molecule has 14 heteroatoms. The molecule has 0 fully saturated rings. The Morgan fingerprint density at radius 3 is 2.50 bits per heavy atom. The zero-order valence-electron chi connectivity index (χ0n) is 27.6. The van der Waals surface area contributed by atoms with Gasteiger partial charge in [-0.05, 0) is 87.5 Å². The Bertz CT molecular complexity index is 1590. The van der Waals surface area contributed by atoms with Crippen molar-refractivity contribution < 1.29 is 41.0 Å². The van der Waals surface area contributed by atoms with Gasteiger partial charge >= 0.3 is 6.18 Å². The highest BCUT2D eigenvalue weighted by Crippen LogP contribution is 2.31. The van der Waals surface area contributed by atoms with Crippen molar-refractivity contribution in [3.8, 4) is 5.75 Å². The Labute approximate surface area is 284 Å². The van der Waals surface area contributed by atoms with E-state index in [0.29, 0.717) is 31.9 Å². The second-order valence-electron chi connectivity index (χ2n) is 12.4. The first-order valence-electron chi connectivity index (χ1n) is 15.9. The number of ether oxygens (including phenoxy) is 2. The first-order valence-corrected chi connectivity index (χ1v) is 18.3. The summed E-state index contributed by atoms with van der Waals surface area (Å²) in [6, 6.07) is 12.3. The van der Waals surface area contributed by atoms with Crippen LogP contribution >= 0.6 is 11.3 Å². The molecule has 0 saturated carbocycles. The SMILES string of the molecule is C[C@@H]1CN([C@H](C)CO)C(=O)c2cc(NS(=O)(=O)c3cccs3)ccc2O[C@@H](C)CCCCO[C@@H]1CN(C)Cc1ccc(C(F)(F)F)cc1. The highest BCUT2D eigenvalue weighted by atomic mass is 32.2. The number of amides is 1. The van der Waals surface area contributed by atoms with Crippen molar-refractivity contribution in [3.05, 3.63) is 76.7 Å². The zero-order chi connectivity index (χ0) is 35.1. The minimum absolute atomic E-state index is 0.137. The molecular weight excluding hydrogens is 668 g/mol. The third kappa shape index (κ3) is 10.2. The smallest absolute Gasteiger partial charge is 0.416 e. The quantitative estimate of drug-likeness (QED) is 0.261. The molecule has 0 bridgehead atoms. The summed E-state index contributed by atoms with van der Waals surface area (Å²) in [5, 5.41) is 11.8. The van der Waals surface area contributed by atoms with Crippen molar-refractivity contribution in [2.45, 2.75) is 75.2 Å². The first-order chi connectivity index (χ1) is 22.7. The van der Waals surface area contributed by atoms with Gasteiger partial charge in [-0.25, -0.2) is 8.42 Å². The number of alkyl halides is 3. The number of nitrogens with zero attached hydrogens (tertiary/aromatic N) is 2. The lowest BCUT2D eigenvalue weighted by Gasteiger charge is -2.36. The summed E-state index contributed by atoms with van der Waals surface area (Å²) >= 11 is 1.08. The lowest BCUT2D eigenvalue weighted by Crippen LogP contribution is -2.47. The van der Waals surface area contributed by atoms with E-state index in [1.807, 2.05) is 25.8 Å². The molecule has 0 unspecified atom stereocenters. The second-order valence-corrected chi connectivity index (χ2v) is 15.3. The van der Waals surface area contributed by atoms with E-state index in [-0.39, 0.29) is 46.7 Å². The van der Waals surface area contributed by atoms with Crippen molar-refractivity contribution in [1.29, 1.82) is 0 Å². The van der Waals surface area contributed by atoms with Gasteiger partial charge in [-0.2, -0.15) is 13.2 Å². The van der Waals surface area contributed by atoms with Crippen LogP contribution in [0.3, 0.4) is 0 Å². The summed E-state index contributed by atoms with van der Waals surface area (Å²) < 4.78 is 80.4. The van der Waals surface area contributed by atoms with Crippen LogP contribution in [0.25, 0.3) is 0 Å². The highest BCUT2D eigenvalue weighted by Gasteiger charge is 2.32. The Kier molecular flexibility index (Phi) is 12.9. The van der Waals surface area contributed by atoms with E-state index in [2.05, 4.69) is 4.72 Å². The lowest BCUT2D eigenvalue weighted by atomic mass is 10.0. The van der Waals surface area contributed by atoms with E-state index < -0.39 is 33.7 Å². The van der Waals surface area contributed by atoms with E-state index in [1.165, 1.54) is 24.3 Å². The number of halogens is 3. The fraction of sp³-hybridized carbons (Fsp3) is 0.500. The molecule has 9 nitrogen and oxygen atoms in total. The molecular formula is C34H44F3N3O6S2. The zero-order valence-corrected chi connectivity index (χ0v) is 29.2. The van der Waals surface area contributed by atoms with Crippen LogP contribution in [0.1, 0.15) is 61.5 Å². The predicted molar refractivity (Wildman–Crippen MR) is 180 cm³/mol. The molecule has 0 radical (unpaired) electrons. The van der Waals surface area contributed by atoms with Gasteiger partial charge in [0.05, 0.1) is 36.0 Å². The minimum atomic E-state index is -4.40. The molecule has 0 aliphatic carbocycles. The normalized spacial score (nSPS) is 20.9. The van der Waals surface area contributed by atoms with Crippen molar-refractivity contribution in [2.75, 3.05) is 38.1 Å². The average molecular weight is 712 g/mol. The number of thiophene rings is 1. The van der Waals surface area contributed by atoms with Gasteiger partial charge in [0.1, 0.15) is 9.96 Å². The monoisotopic (exact) mass is 711 g/mol. The number of hydrogen-bond acceptors (Lipinski definition) is 8. The molecule has 1 aromatic heterocycles. The molecule has 2 N–H and O–H groups in total. The Balaban J connectivity index is 1.60. The first kappa shape index (κ1) is 37.6. The van der Waals surface area contributed by atoms with Crippen LogP contribution in [-0.2, 0) is 27.5 Å². The fourth-order valence-electron chi connectivity index (χ4n) is 5.55. The number of sulfonamides is 1. The predicted octanol–water partition coefficient (Wildman–Crippen LogP) is 6.50. The molecule has 3 aromatic rings. The number of aliphatic hydroxyl groups is 1. The molecule has 4 atom stereocenters. The molecule has 0 spiro atoms. The number of anilines is 1. The number of rotatable bonds is 9. The van der Waals surface area contributed by atoms with Gasteiger partial charge in [0.25, 0.3) is 15.9 Å². The van der Waals surface area contributed by atoms with E-state index in [1.54, 1.807) is 35.4 Å². The van der Waals surface area contributed by atoms with Crippen molar-refractivity contribution >= 4 is 33.0 Å². The van der Waals surface area contributed by atoms with Crippen LogP contribution in [0.2, 0.25) is 0 Å². The molecule has 48 heavy (non-hydrogen) atoms. The summed E-state index contributed by atoms with van der Waals surface area (Å²) in [6.07, 6.45) is -2.73. The number of fused-ring (bicyclic) bond motifs is 1.